The number of hydrogen-bond donors (Lipinski definition) is 0. The average Bonchev–Trinajstić information content (AvgIpc) is 3.23. The van der Waals surface area contributed by atoms with Crippen LogP contribution in [0.2, 0.25) is 5.02 Å². The molecule has 1 atom stereocenters. The van der Waals surface area contributed by atoms with E-state index in [1.54, 1.807) is 24.1 Å². The van der Waals surface area contributed by atoms with E-state index >= 15 is 0 Å². The van der Waals surface area contributed by atoms with Crippen LogP contribution in [0.25, 0.3) is 0 Å². The molecule has 1 saturated heterocycles. The standard InChI is InChI=1S/C23H25ClF2N4O2S/c1-2-21(28-33(31,32)29-14-12-23(25,26)13-15-29)30-16-20(17-6-4-3-5-7-17)22(27-30)18-8-10-19(24)11-9-18/h3-11,20H,2,12-16H2,1H3. The van der Waals surface area contributed by atoms with E-state index in [-0.39, 0.29) is 24.8 Å². The molecule has 0 bridgehead atoms. The maximum atomic E-state index is 13.5. The molecule has 0 aromatic heterocycles. The zero-order valence-corrected chi connectivity index (χ0v) is 19.7. The maximum absolute atomic E-state index is 13.5. The fraction of sp³-hybridized carbons (Fsp3) is 0.391. The predicted molar refractivity (Wildman–Crippen MR) is 126 cm³/mol. The first-order valence-corrected chi connectivity index (χ1v) is 12.6. The van der Waals surface area contributed by atoms with Crippen molar-refractivity contribution in [2.45, 2.75) is 38.0 Å². The van der Waals surface area contributed by atoms with E-state index in [1.165, 1.54) is 0 Å². The first-order chi connectivity index (χ1) is 15.7. The number of rotatable bonds is 5. The van der Waals surface area contributed by atoms with Crippen molar-refractivity contribution in [1.29, 1.82) is 0 Å². The molecule has 0 spiro atoms. The normalized spacial score (nSPS) is 21.8. The van der Waals surface area contributed by atoms with E-state index in [4.69, 9.17) is 16.7 Å². The van der Waals surface area contributed by atoms with E-state index < -0.39 is 29.0 Å². The van der Waals surface area contributed by atoms with Crippen molar-refractivity contribution in [2.24, 2.45) is 9.50 Å². The summed E-state index contributed by atoms with van der Waals surface area (Å²) in [5, 5.41) is 6.96. The topological polar surface area (TPSA) is 65.3 Å². The summed E-state index contributed by atoms with van der Waals surface area (Å²) >= 11 is 6.05. The van der Waals surface area contributed by atoms with Gasteiger partial charge in [-0.25, -0.2) is 13.8 Å². The van der Waals surface area contributed by atoms with Gasteiger partial charge in [-0.2, -0.15) is 17.8 Å². The minimum Gasteiger partial charge on any atom is -0.249 e. The highest BCUT2D eigenvalue weighted by Gasteiger charge is 2.39. The molecule has 0 aliphatic carbocycles. The number of nitrogens with zero attached hydrogens (tertiary/aromatic N) is 4. The van der Waals surface area contributed by atoms with Crippen molar-refractivity contribution in [3.63, 3.8) is 0 Å². The molecule has 0 amide bonds. The zero-order chi connectivity index (χ0) is 23.6. The third kappa shape index (κ3) is 5.42. The van der Waals surface area contributed by atoms with Gasteiger partial charge >= 0.3 is 10.2 Å². The number of piperidine rings is 1. The van der Waals surface area contributed by atoms with E-state index in [9.17, 15) is 17.2 Å². The molecule has 6 nitrogen and oxygen atoms in total. The lowest BCUT2D eigenvalue weighted by molar-refractivity contribution is -0.0411. The molecule has 2 aliphatic rings. The smallest absolute Gasteiger partial charge is 0.249 e. The summed E-state index contributed by atoms with van der Waals surface area (Å²) < 4.78 is 57.7. The van der Waals surface area contributed by atoms with Gasteiger partial charge in [-0.15, -0.1) is 4.40 Å². The second-order valence-corrected chi connectivity index (χ2v) is 10.2. The maximum Gasteiger partial charge on any atom is 0.324 e. The Hall–Kier alpha value is -2.36. The number of halogens is 3. The lowest BCUT2D eigenvalue weighted by Gasteiger charge is -2.29. The molecule has 0 saturated carbocycles. The number of hydrogen-bond acceptors (Lipinski definition) is 3. The largest absolute Gasteiger partial charge is 0.324 e. The summed E-state index contributed by atoms with van der Waals surface area (Å²) in [5.41, 5.74) is 2.71. The SMILES string of the molecule is CCC(=NS(=O)(=O)N1CCC(F)(F)CC1)N1CC(c2ccccc2)C(c2ccc(Cl)cc2)=N1. The fourth-order valence-corrected chi connectivity index (χ4v) is 5.40. The molecular weight excluding hydrogens is 470 g/mol. The molecule has 10 heteroatoms. The van der Waals surface area contributed by atoms with E-state index in [0.29, 0.717) is 18.0 Å². The second-order valence-electron chi connectivity index (χ2n) is 8.13. The number of hydrazone groups is 1. The van der Waals surface area contributed by atoms with Crippen LogP contribution in [0.3, 0.4) is 0 Å². The molecule has 2 aromatic carbocycles. The molecule has 4 rings (SSSR count). The second kappa shape index (κ2) is 9.48. The Balaban J connectivity index is 1.65. The van der Waals surface area contributed by atoms with Crippen LogP contribution in [0.15, 0.2) is 64.1 Å². The molecule has 0 N–H and O–H groups in total. The van der Waals surface area contributed by atoms with Gasteiger partial charge in [-0.3, -0.25) is 0 Å². The lowest BCUT2D eigenvalue weighted by Crippen LogP contribution is -2.42. The molecule has 1 fully saturated rings. The van der Waals surface area contributed by atoms with Gasteiger partial charge < -0.3 is 0 Å². The lowest BCUT2D eigenvalue weighted by atomic mass is 9.91. The average molecular weight is 495 g/mol. The van der Waals surface area contributed by atoms with Gasteiger partial charge in [0.05, 0.1) is 12.3 Å². The Morgan fingerprint density at radius 1 is 1.12 bits per heavy atom. The van der Waals surface area contributed by atoms with Gasteiger partial charge in [0.2, 0.25) is 0 Å². The first-order valence-electron chi connectivity index (χ1n) is 10.8. The van der Waals surface area contributed by atoms with Crippen LogP contribution in [0.4, 0.5) is 8.78 Å². The molecule has 2 aromatic rings. The molecule has 176 valence electrons. The highest BCUT2D eigenvalue weighted by Crippen LogP contribution is 2.31. The number of amidine groups is 1. The highest BCUT2D eigenvalue weighted by molar-refractivity contribution is 7.87. The van der Waals surface area contributed by atoms with Crippen molar-refractivity contribution >= 4 is 33.4 Å². The molecule has 2 heterocycles. The van der Waals surface area contributed by atoms with Crippen LogP contribution in [0.1, 0.15) is 43.2 Å². The van der Waals surface area contributed by atoms with Crippen molar-refractivity contribution in [2.75, 3.05) is 19.6 Å². The van der Waals surface area contributed by atoms with Crippen LogP contribution in [0, 0.1) is 0 Å². The van der Waals surface area contributed by atoms with Gasteiger partial charge in [0, 0.05) is 43.3 Å². The summed E-state index contributed by atoms with van der Waals surface area (Å²) in [6, 6.07) is 17.2. The van der Waals surface area contributed by atoms with E-state index in [2.05, 4.69) is 4.40 Å². The quantitative estimate of drug-likeness (QED) is 0.437. The predicted octanol–water partition coefficient (Wildman–Crippen LogP) is 4.93. The van der Waals surface area contributed by atoms with Gasteiger partial charge in [-0.05, 0) is 23.3 Å². The van der Waals surface area contributed by atoms with Crippen molar-refractivity contribution < 1.29 is 17.2 Å². The first kappa shape index (κ1) is 23.8. The monoisotopic (exact) mass is 494 g/mol. The Kier molecular flexibility index (Phi) is 6.83. The number of benzene rings is 2. The van der Waals surface area contributed by atoms with Gasteiger partial charge in [-0.1, -0.05) is 61.0 Å². The van der Waals surface area contributed by atoms with Crippen molar-refractivity contribution in [3.05, 3.63) is 70.7 Å². The third-order valence-electron chi connectivity index (χ3n) is 5.87. The molecular formula is C23H25ClF2N4O2S. The van der Waals surface area contributed by atoms with Gasteiger partial charge in [0.1, 0.15) is 5.84 Å². The summed E-state index contributed by atoms with van der Waals surface area (Å²) in [4.78, 5) is 0. The van der Waals surface area contributed by atoms with Crippen molar-refractivity contribution in [3.8, 4) is 0 Å². The molecule has 33 heavy (non-hydrogen) atoms. The highest BCUT2D eigenvalue weighted by atomic mass is 35.5. The Morgan fingerprint density at radius 2 is 1.76 bits per heavy atom. The molecule has 0 radical (unpaired) electrons. The third-order valence-corrected chi connectivity index (χ3v) is 7.58. The Labute approximate surface area is 197 Å². The molecule has 1 unspecified atom stereocenters. The van der Waals surface area contributed by atoms with Gasteiger partial charge in [0.15, 0.2) is 0 Å². The fourth-order valence-electron chi connectivity index (χ4n) is 4.02. The van der Waals surface area contributed by atoms with Crippen LogP contribution >= 0.6 is 11.6 Å². The van der Waals surface area contributed by atoms with Crippen LogP contribution < -0.4 is 0 Å². The summed E-state index contributed by atoms with van der Waals surface area (Å²) in [7, 11) is -4.09. The minimum atomic E-state index is -4.09. The zero-order valence-electron chi connectivity index (χ0n) is 18.2. The summed E-state index contributed by atoms with van der Waals surface area (Å²) in [6.45, 7) is 1.72. The Morgan fingerprint density at radius 3 is 2.36 bits per heavy atom. The van der Waals surface area contributed by atoms with E-state index in [1.807, 2.05) is 42.5 Å². The molecule has 2 aliphatic heterocycles. The summed E-state index contributed by atoms with van der Waals surface area (Å²) in [5.74, 6) is -2.66. The van der Waals surface area contributed by atoms with E-state index in [0.717, 1.165) is 21.1 Å². The summed E-state index contributed by atoms with van der Waals surface area (Å²) in [6.07, 6.45) is -0.675. The van der Waals surface area contributed by atoms with Gasteiger partial charge in [0.25, 0.3) is 5.92 Å². The van der Waals surface area contributed by atoms with Crippen LogP contribution in [-0.4, -0.2) is 54.8 Å². The minimum absolute atomic E-state index is 0.0968. The Bertz CT molecular complexity index is 1140. The van der Waals surface area contributed by atoms with Crippen molar-refractivity contribution in [1.82, 2.24) is 9.31 Å². The van der Waals surface area contributed by atoms with Crippen LogP contribution in [-0.2, 0) is 10.2 Å². The van der Waals surface area contributed by atoms with Crippen LogP contribution in [0.5, 0.6) is 0 Å². The number of alkyl halides is 2.